The van der Waals surface area contributed by atoms with E-state index in [4.69, 9.17) is 4.74 Å². The number of carboxylic acid groups (broad SMARTS) is 1. The lowest BCUT2D eigenvalue weighted by molar-refractivity contribution is -0.143. The highest BCUT2D eigenvalue weighted by molar-refractivity contribution is 5.89. The standard InChI is InChI=1S/C28H34N2O5/c1-3-28(2,26(33)29-16-18-9-8-10-19(15-18)25(31)32)30-27(34)35-17-24-22-13-6-4-11-20(22)21-12-5-7-14-23(21)24/h4-7,11-14,18-19,24H,3,8-10,15-17H2,1-2H3,(H,29,33)(H,30,34)(H,31,32). The predicted molar refractivity (Wildman–Crippen MR) is 133 cm³/mol. The maximum atomic E-state index is 13.0. The van der Waals surface area contributed by atoms with Crippen molar-refractivity contribution in [2.75, 3.05) is 13.2 Å². The Balaban J connectivity index is 1.33. The lowest BCUT2D eigenvalue weighted by Gasteiger charge is -2.31. The number of aliphatic carboxylic acids is 1. The SMILES string of the molecule is CCC(C)(NC(=O)OCC1c2ccccc2-c2ccccc21)C(=O)NCC1CCCC(C(=O)O)C1. The Bertz CT molecular complexity index is 1050. The summed E-state index contributed by atoms with van der Waals surface area (Å²) in [4.78, 5) is 37.0. The second kappa shape index (κ2) is 10.5. The zero-order chi connectivity index (χ0) is 25.0. The Morgan fingerprint density at radius 1 is 1.03 bits per heavy atom. The molecule has 35 heavy (non-hydrogen) atoms. The minimum absolute atomic E-state index is 0.0525. The number of hydrogen-bond acceptors (Lipinski definition) is 4. The number of carbonyl (C=O) groups excluding carboxylic acids is 2. The van der Waals surface area contributed by atoms with E-state index in [-0.39, 0.29) is 30.3 Å². The van der Waals surface area contributed by atoms with E-state index in [2.05, 4.69) is 34.9 Å². The van der Waals surface area contributed by atoms with Crippen LogP contribution in [0.25, 0.3) is 11.1 Å². The van der Waals surface area contributed by atoms with Gasteiger partial charge in [-0.3, -0.25) is 9.59 Å². The molecule has 0 radical (unpaired) electrons. The van der Waals surface area contributed by atoms with E-state index in [9.17, 15) is 19.5 Å². The highest BCUT2D eigenvalue weighted by atomic mass is 16.5. The summed E-state index contributed by atoms with van der Waals surface area (Å²) in [7, 11) is 0. The molecule has 1 saturated carbocycles. The van der Waals surface area contributed by atoms with Crippen molar-refractivity contribution in [3.05, 3.63) is 59.7 Å². The van der Waals surface area contributed by atoms with Crippen LogP contribution in [0.2, 0.25) is 0 Å². The van der Waals surface area contributed by atoms with E-state index in [0.29, 0.717) is 25.8 Å². The topological polar surface area (TPSA) is 105 Å². The molecule has 3 N–H and O–H groups in total. The smallest absolute Gasteiger partial charge is 0.408 e. The van der Waals surface area contributed by atoms with E-state index in [0.717, 1.165) is 35.1 Å². The third-order valence-electron chi connectivity index (χ3n) is 7.61. The number of nitrogens with one attached hydrogen (secondary N) is 2. The molecule has 2 aliphatic rings. The monoisotopic (exact) mass is 478 g/mol. The maximum absolute atomic E-state index is 13.0. The Morgan fingerprint density at radius 2 is 1.66 bits per heavy atom. The molecular formula is C28H34N2O5. The summed E-state index contributed by atoms with van der Waals surface area (Å²) in [5, 5.41) is 15.0. The number of rotatable bonds is 8. The minimum Gasteiger partial charge on any atom is -0.481 e. The fourth-order valence-electron chi connectivity index (χ4n) is 5.30. The molecule has 3 unspecified atom stereocenters. The van der Waals surface area contributed by atoms with Crippen molar-refractivity contribution in [1.82, 2.24) is 10.6 Å². The number of ether oxygens (including phenoxy) is 1. The summed E-state index contributed by atoms with van der Waals surface area (Å²) in [6, 6.07) is 16.3. The Hall–Kier alpha value is -3.35. The van der Waals surface area contributed by atoms with E-state index in [1.165, 1.54) is 0 Å². The Labute approximate surface area is 206 Å². The largest absolute Gasteiger partial charge is 0.481 e. The summed E-state index contributed by atoms with van der Waals surface area (Å²) >= 11 is 0. The van der Waals surface area contributed by atoms with E-state index < -0.39 is 17.6 Å². The molecule has 2 aromatic carbocycles. The molecule has 186 valence electrons. The number of alkyl carbamates (subject to hydrolysis) is 1. The lowest BCUT2D eigenvalue weighted by Crippen LogP contribution is -2.57. The first-order chi connectivity index (χ1) is 16.8. The summed E-state index contributed by atoms with van der Waals surface area (Å²) in [5.41, 5.74) is 3.45. The molecule has 0 spiro atoms. The molecule has 0 bridgehead atoms. The van der Waals surface area contributed by atoms with Gasteiger partial charge in [0.15, 0.2) is 0 Å². The molecule has 2 aliphatic carbocycles. The van der Waals surface area contributed by atoms with Crippen molar-refractivity contribution < 1.29 is 24.2 Å². The van der Waals surface area contributed by atoms with Gasteiger partial charge in [-0.15, -0.1) is 0 Å². The van der Waals surface area contributed by atoms with Crippen LogP contribution in [0.1, 0.15) is 63.0 Å². The van der Waals surface area contributed by atoms with Gasteiger partial charge in [0.05, 0.1) is 5.92 Å². The Kier molecular flexibility index (Phi) is 7.43. The highest BCUT2D eigenvalue weighted by Crippen LogP contribution is 2.44. The number of benzene rings is 2. The van der Waals surface area contributed by atoms with Crippen molar-refractivity contribution in [3.63, 3.8) is 0 Å². The molecule has 1 fully saturated rings. The fraction of sp³-hybridized carbons (Fsp3) is 0.464. The quantitative estimate of drug-likeness (QED) is 0.510. The van der Waals surface area contributed by atoms with Gasteiger partial charge in [0, 0.05) is 12.5 Å². The average Bonchev–Trinajstić information content (AvgIpc) is 3.19. The molecule has 0 saturated heterocycles. The zero-order valence-electron chi connectivity index (χ0n) is 20.4. The van der Waals surface area contributed by atoms with Gasteiger partial charge in [-0.25, -0.2) is 4.79 Å². The van der Waals surface area contributed by atoms with Crippen molar-refractivity contribution in [1.29, 1.82) is 0 Å². The summed E-state index contributed by atoms with van der Waals surface area (Å²) in [6.45, 7) is 4.11. The zero-order valence-corrected chi connectivity index (χ0v) is 20.4. The van der Waals surface area contributed by atoms with Crippen LogP contribution in [0.15, 0.2) is 48.5 Å². The van der Waals surface area contributed by atoms with Gasteiger partial charge in [-0.05, 0) is 60.8 Å². The third kappa shape index (κ3) is 5.34. The normalized spacial score (nSPS) is 20.7. The molecule has 0 aliphatic heterocycles. The van der Waals surface area contributed by atoms with Gasteiger partial charge in [0.25, 0.3) is 0 Å². The number of carboxylic acids is 1. The molecule has 7 heteroatoms. The fourth-order valence-corrected chi connectivity index (χ4v) is 5.30. The van der Waals surface area contributed by atoms with Gasteiger partial charge in [0.2, 0.25) is 5.91 Å². The van der Waals surface area contributed by atoms with Gasteiger partial charge in [0.1, 0.15) is 12.1 Å². The highest BCUT2D eigenvalue weighted by Gasteiger charge is 2.36. The molecule has 2 aromatic rings. The summed E-state index contributed by atoms with van der Waals surface area (Å²) in [5.74, 6) is -1.32. The minimum atomic E-state index is -1.12. The van der Waals surface area contributed by atoms with Crippen LogP contribution in [0.5, 0.6) is 0 Å². The van der Waals surface area contributed by atoms with Crippen LogP contribution in [-0.2, 0) is 14.3 Å². The predicted octanol–water partition coefficient (Wildman–Crippen LogP) is 4.70. The molecule has 0 heterocycles. The third-order valence-corrected chi connectivity index (χ3v) is 7.61. The Morgan fingerprint density at radius 3 is 2.26 bits per heavy atom. The second-order valence-corrected chi connectivity index (χ2v) is 9.91. The van der Waals surface area contributed by atoms with Crippen molar-refractivity contribution >= 4 is 18.0 Å². The van der Waals surface area contributed by atoms with E-state index >= 15 is 0 Å². The first-order valence-electron chi connectivity index (χ1n) is 12.5. The molecule has 4 rings (SSSR count). The van der Waals surface area contributed by atoms with Crippen molar-refractivity contribution in [3.8, 4) is 11.1 Å². The van der Waals surface area contributed by atoms with Crippen LogP contribution in [-0.4, -0.2) is 41.8 Å². The number of amides is 2. The van der Waals surface area contributed by atoms with E-state index in [1.54, 1.807) is 6.92 Å². The molecule has 7 nitrogen and oxygen atoms in total. The van der Waals surface area contributed by atoms with Gasteiger partial charge in [-0.2, -0.15) is 0 Å². The van der Waals surface area contributed by atoms with Crippen LogP contribution in [0.4, 0.5) is 4.79 Å². The first kappa shape index (κ1) is 24.8. The van der Waals surface area contributed by atoms with Crippen LogP contribution < -0.4 is 10.6 Å². The summed E-state index contributed by atoms with van der Waals surface area (Å²) < 4.78 is 5.63. The first-order valence-corrected chi connectivity index (χ1v) is 12.5. The van der Waals surface area contributed by atoms with Crippen LogP contribution in [0.3, 0.4) is 0 Å². The van der Waals surface area contributed by atoms with Crippen molar-refractivity contribution in [2.45, 2.75) is 57.4 Å². The van der Waals surface area contributed by atoms with Crippen molar-refractivity contribution in [2.24, 2.45) is 11.8 Å². The van der Waals surface area contributed by atoms with Crippen LogP contribution >= 0.6 is 0 Å². The number of carbonyl (C=O) groups is 3. The summed E-state index contributed by atoms with van der Waals surface area (Å²) in [6.07, 6.45) is 2.77. The average molecular weight is 479 g/mol. The molecule has 2 amide bonds. The van der Waals surface area contributed by atoms with Gasteiger partial charge >= 0.3 is 12.1 Å². The van der Waals surface area contributed by atoms with Gasteiger partial charge in [-0.1, -0.05) is 61.9 Å². The molecular weight excluding hydrogens is 444 g/mol. The number of hydrogen-bond donors (Lipinski definition) is 3. The molecule has 3 atom stereocenters. The van der Waals surface area contributed by atoms with E-state index in [1.807, 2.05) is 31.2 Å². The maximum Gasteiger partial charge on any atom is 0.408 e. The molecule has 0 aromatic heterocycles. The second-order valence-electron chi connectivity index (χ2n) is 9.91. The van der Waals surface area contributed by atoms with Gasteiger partial charge < -0.3 is 20.5 Å². The number of fused-ring (bicyclic) bond motifs is 3. The lowest BCUT2D eigenvalue weighted by atomic mass is 9.81. The van der Waals surface area contributed by atoms with Crippen LogP contribution in [0, 0.1) is 11.8 Å².